The highest BCUT2D eigenvalue weighted by molar-refractivity contribution is 5.90. The number of amides is 2. The summed E-state index contributed by atoms with van der Waals surface area (Å²) < 4.78 is 0. The van der Waals surface area contributed by atoms with Gasteiger partial charge in [0.05, 0.1) is 6.54 Å². The Bertz CT molecular complexity index is 493. The van der Waals surface area contributed by atoms with Crippen molar-refractivity contribution in [2.75, 3.05) is 26.7 Å². The Hall–Kier alpha value is -1.96. The molecule has 1 aliphatic rings. The molecule has 0 atom stereocenters. The van der Waals surface area contributed by atoms with Crippen LogP contribution in [0.2, 0.25) is 0 Å². The molecule has 116 valence electrons. The molecule has 21 heavy (non-hydrogen) atoms. The third-order valence-corrected chi connectivity index (χ3v) is 3.64. The highest BCUT2D eigenvalue weighted by Crippen LogP contribution is 2.10. The zero-order valence-corrected chi connectivity index (χ0v) is 12.5. The van der Waals surface area contributed by atoms with Crippen molar-refractivity contribution >= 4 is 11.8 Å². The molecule has 0 bridgehead atoms. The summed E-state index contributed by atoms with van der Waals surface area (Å²) in [6, 6.07) is 0.113. The molecule has 0 aromatic carbocycles. The average molecular weight is 294 g/mol. The topological polar surface area (TPSA) is 103 Å². The first-order valence-corrected chi connectivity index (χ1v) is 7.27. The number of likely N-dealkylation sites (tertiary alicyclic amines) is 1. The molecule has 0 aliphatic carbocycles. The van der Waals surface area contributed by atoms with Crippen LogP contribution in [0, 0.1) is 0 Å². The molecule has 2 amide bonds. The summed E-state index contributed by atoms with van der Waals surface area (Å²) in [5.41, 5.74) is 0. The van der Waals surface area contributed by atoms with Crippen molar-refractivity contribution in [1.82, 2.24) is 30.7 Å². The third-order valence-electron chi connectivity index (χ3n) is 3.64. The van der Waals surface area contributed by atoms with Gasteiger partial charge in [0.1, 0.15) is 5.82 Å². The minimum atomic E-state index is -0.240. The van der Waals surface area contributed by atoms with Crippen molar-refractivity contribution in [3.05, 3.63) is 11.6 Å². The van der Waals surface area contributed by atoms with Gasteiger partial charge < -0.3 is 10.6 Å². The Morgan fingerprint density at radius 2 is 2.10 bits per heavy atom. The Balaban J connectivity index is 1.77. The van der Waals surface area contributed by atoms with Crippen molar-refractivity contribution in [2.45, 2.75) is 32.2 Å². The molecule has 8 nitrogen and oxygen atoms in total. The maximum Gasteiger partial charge on any atom is 0.291 e. The van der Waals surface area contributed by atoms with Crippen molar-refractivity contribution in [3.8, 4) is 0 Å². The number of carbonyl (C=O) groups excluding carboxylic acids is 2. The highest BCUT2D eigenvalue weighted by atomic mass is 16.2. The van der Waals surface area contributed by atoms with E-state index in [9.17, 15) is 9.59 Å². The molecule has 0 unspecified atom stereocenters. The van der Waals surface area contributed by atoms with Gasteiger partial charge in [-0.25, -0.2) is 4.98 Å². The van der Waals surface area contributed by atoms with Crippen LogP contribution >= 0.6 is 0 Å². The fourth-order valence-corrected chi connectivity index (χ4v) is 2.32. The van der Waals surface area contributed by atoms with Gasteiger partial charge in [-0.1, -0.05) is 6.92 Å². The number of hydrogen-bond acceptors (Lipinski definition) is 5. The predicted octanol–water partition coefficient (Wildman–Crippen LogP) is -0.693. The molecular formula is C13H22N6O2. The zero-order valence-electron chi connectivity index (χ0n) is 12.5. The molecule has 0 radical (unpaired) electrons. The summed E-state index contributed by atoms with van der Waals surface area (Å²) in [4.78, 5) is 29.5. The van der Waals surface area contributed by atoms with Gasteiger partial charge in [0.2, 0.25) is 11.7 Å². The largest absolute Gasteiger partial charge is 0.358 e. The molecule has 2 rings (SSSR count). The van der Waals surface area contributed by atoms with Crippen LogP contribution in [0.3, 0.4) is 0 Å². The second kappa shape index (κ2) is 7.16. The number of piperidine rings is 1. The number of hydrogen-bond donors (Lipinski definition) is 3. The fraction of sp³-hybridized carbons (Fsp3) is 0.692. The summed E-state index contributed by atoms with van der Waals surface area (Å²) in [5, 5.41) is 12.2. The zero-order chi connectivity index (χ0) is 15.2. The van der Waals surface area contributed by atoms with E-state index < -0.39 is 0 Å². The predicted molar refractivity (Wildman–Crippen MR) is 76.8 cm³/mol. The number of aromatic amines is 1. The number of nitrogens with zero attached hydrogens (tertiary/aromatic N) is 3. The average Bonchev–Trinajstić information content (AvgIpc) is 2.98. The van der Waals surface area contributed by atoms with Crippen LogP contribution in [0.1, 0.15) is 36.2 Å². The van der Waals surface area contributed by atoms with Crippen LogP contribution in [0.5, 0.6) is 0 Å². The summed E-state index contributed by atoms with van der Waals surface area (Å²) in [6.45, 7) is 3.96. The smallest absolute Gasteiger partial charge is 0.291 e. The molecule has 1 fully saturated rings. The molecule has 1 aromatic heterocycles. The van der Waals surface area contributed by atoms with E-state index in [0.29, 0.717) is 12.4 Å². The summed E-state index contributed by atoms with van der Waals surface area (Å²) in [6.07, 6.45) is 2.37. The minimum Gasteiger partial charge on any atom is -0.358 e. The van der Waals surface area contributed by atoms with Crippen LogP contribution in [-0.4, -0.2) is 64.6 Å². The van der Waals surface area contributed by atoms with Crippen molar-refractivity contribution in [2.24, 2.45) is 0 Å². The van der Waals surface area contributed by atoms with E-state index in [0.717, 1.165) is 32.4 Å². The first-order valence-electron chi connectivity index (χ1n) is 7.27. The fourth-order valence-electron chi connectivity index (χ4n) is 2.32. The molecule has 1 aliphatic heterocycles. The van der Waals surface area contributed by atoms with Crippen LogP contribution in [0.25, 0.3) is 0 Å². The van der Waals surface area contributed by atoms with Crippen LogP contribution in [0.4, 0.5) is 0 Å². The van der Waals surface area contributed by atoms with E-state index in [1.807, 2.05) is 6.92 Å². The van der Waals surface area contributed by atoms with Gasteiger partial charge in [0, 0.05) is 32.6 Å². The van der Waals surface area contributed by atoms with E-state index in [1.165, 1.54) is 0 Å². The number of carbonyl (C=O) groups is 2. The van der Waals surface area contributed by atoms with Gasteiger partial charge in [-0.3, -0.25) is 19.6 Å². The molecule has 3 N–H and O–H groups in total. The molecule has 2 heterocycles. The normalized spacial score (nSPS) is 16.7. The Morgan fingerprint density at radius 1 is 1.38 bits per heavy atom. The lowest BCUT2D eigenvalue weighted by molar-refractivity contribution is -0.122. The van der Waals surface area contributed by atoms with Gasteiger partial charge in [0.15, 0.2) is 0 Å². The quantitative estimate of drug-likeness (QED) is 0.667. The lowest BCUT2D eigenvalue weighted by Gasteiger charge is -2.31. The Morgan fingerprint density at radius 3 is 2.67 bits per heavy atom. The number of likely N-dealkylation sites (N-methyl/N-ethyl adjacent to an activating group) is 1. The second-order valence-corrected chi connectivity index (χ2v) is 5.16. The van der Waals surface area contributed by atoms with Gasteiger partial charge in [-0.2, -0.15) is 0 Å². The van der Waals surface area contributed by atoms with Crippen LogP contribution < -0.4 is 10.6 Å². The van der Waals surface area contributed by atoms with Gasteiger partial charge in [0.25, 0.3) is 5.91 Å². The van der Waals surface area contributed by atoms with Crippen molar-refractivity contribution in [3.63, 3.8) is 0 Å². The number of aryl methyl sites for hydroxylation is 1. The number of nitrogens with one attached hydrogen (secondary N) is 3. The standard InChI is InChI=1S/C13H22N6O2/c1-3-10-16-12(18-17-10)13(21)15-9-4-6-19(7-5-9)8-11(20)14-2/h9H,3-8H2,1-2H3,(H,14,20)(H,15,21)(H,16,17,18). The third kappa shape index (κ3) is 4.25. The molecule has 0 saturated carbocycles. The minimum absolute atomic E-state index is 0.0188. The molecular weight excluding hydrogens is 272 g/mol. The lowest BCUT2D eigenvalue weighted by atomic mass is 10.0. The molecule has 8 heteroatoms. The number of aromatic nitrogens is 3. The summed E-state index contributed by atoms with van der Waals surface area (Å²) in [5.74, 6) is 0.682. The highest BCUT2D eigenvalue weighted by Gasteiger charge is 2.23. The van der Waals surface area contributed by atoms with Gasteiger partial charge in [-0.15, -0.1) is 5.10 Å². The summed E-state index contributed by atoms with van der Waals surface area (Å²) >= 11 is 0. The number of H-pyrrole nitrogens is 1. The molecule has 1 saturated heterocycles. The van der Waals surface area contributed by atoms with E-state index in [2.05, 4.69) is 30.7 Å². The van der Waals surface area contributed by atoms with E-state index in [1.54, 1.807) is 7.05 Å². The maximum atomic E-state index is 12.0. The van der Waals surface area contributed by atoms with Crippen LogP contribution in [0.15, 0.2) is 0 Å². The number of rotatable bonds is 5. The molecule has 0 spiro atoms. The summed E-state index contributed by atoms with van der Waals surface area (Å²) in [7, 11) is 1.64. The van der Waals surface area contributed by atoms with Crippen LogP contribution in [-0.2, 0) is 11.2 Å². The Kier molecular flexibility index (Phi) is 5.26. The van der Waals surface area contributed by atoms with E-state index in [4.69, 9.17) is 0 Å². The van der Waals surface area contributed by atoms with Gasteiger partial charge >= 0.3 is 0 Å². The first kappa shape index (κ1) is 15.4. The molecule has 1 aromatic rings. The van der Waals surface area contributed by atoms with E-state index in [-0.39, 0.29) is 23.7 Å². The van der Waals surface area contributed by atoms with Gasteiger partial charge in [-0.05, 0) is 12.8 Å². The lowest BCUT2D eigenvalue weighted by Crippen LogP contribution is -2.47. The monoisotopic (exact) mass is 294 g/mol. The van der Waals surface area contributed by atoms with Crippen molar-refractivity contribution in [1.29, 1.82) is 0 Å². The second-order valence-electron chi connectivity index (χ2n) is 5.16. The SMILES string of the molecule is CCc1nc(C(=O)NC2CCN(CC(=O)NC)CC2)n[nH]1. The van der Waals surface area contributed by atoms with Crippen molar-refractivity contribution < 1.29 is 9.59 Å². The first-order chi connectivity index (χ1) is 10.1. The van der Waals surface area contributed by atoms with E-state index >= 15 is 0 Å². The Labute approximate surface area is 123 Å². The maximum absolute atomic E-state index is 12.0.